The van der Waals surface area contributed by atoms with E-state index in [2.05, 4.69) is 14.4 Å². The highest BCUT2D eigenvalue weighted by Gasteiger charge is 2.31. The Morgan fingerprint density at radius 3 is 2.76 bits per heavy atom. The van der Waals surface area contributed by atoms with Crippen LogP contribution >= 0.6 is 0 Å². The van der Waals surface area contributed by atoms with Gasteiger partial charge in [-0.15, -0.1) is 0 Å². The van der Waals surface area contributed by atoms with Gasteiger partial charge in [-0.1, -0.05) is 12.1 Å². The van der Waals surface area contributed by atoms with Crippen LogP contribution in [0.3, 0.4) is 0 Å². The van der Waals surface area contributed by atoms with Crippen molar-refractivity contribution in [1.29, 1.82) is 0 Å². The second-order valence-electron chi connectivity index (χ2n) is 6.56. The summed E-state index contributed by atoms with van der Waals surface area (Å²) in [4.78, 5) is 18.7. The first-order valence-electron chi connectivity index (χ1n) is 8.76. The lowest BCUT2D eigenvalue weighted by Gasteiger charge is -2.16. The summed E-state index contributed by atoms with van der Waals surface area (Å²) < 4.78 is 52.8. The molecule has 152 valence electrons. The van der Waals surface area contributed by atoms with E-state index in [1.54, 1.807) is 30.3 Å². The fraction of sp³-hybridized carbons (Fsp3) is 0.222. The van der Waals surface area contributed by atoms with Gasteiger partial charge in [-0.25, -0.2) is 21.6 Å². The molecule has 2 N–H and O–H groups in total. The molecule has 29 heavy (non-hydrogen) atoms. The molecule has 4 rings (SSSR count). The summed E-state index contributed by atoms with van der Waals surface area (Å²) in [6, 6.07) is 11.0. The van der Waals surface area contributed by atoms with E-state index in [0.29, 0.717) is 24.2 Å². The first kappa shape index (κ1) is 19.6. The van der Waals surface area contributed by atoms with Gasteiger partial charge in [0, 0.05) is 17.8 Å². The molecule has 0 saturated heterocycles. The van der Waals surface area contributed by atoms with Crippen molar-refractivity contribution in [2.45, 2.75) is 16.2 Å². The molecule has 2 aliphatic rings. The summed E-state index contributed by atoms with van der Waals surface area (Å²) in [6.07, 6.45) is 0.528. The monoisotopic (exact) mass is 434 g/mol. The largest absolute Gasteiger partial charge is 0.310 e. The maximum absolute atomic E-state index is 12.7. The minimum atomic E-state index is -3.66. The summed E-state index contributed by atoms with van der Waals surface area (Å²) in [5, 5.41) is 0. The van der Waals surface area contributed by atoms with Gasteiger partial charge in [0.2, 0.25) is 15.9 Å². The molecule has 0 unspecified atom stereocenters. The molecule has 0 aliphatic carbocycles. The summed E-state index contributed by atoms with van der Waals surface area (Å²) in [7, 11) is -5.88. The normalized spacial score (nSPS) is 18.4. The average molecular weight is 434 g/mol. The number of nitrogens with one attached hydrogen (secondary N) is 2. The van der Waals surface area contributed by atoms with Crippen LogP contribution in [0.5, 0.6) is 0 Å². The zero-order chi connectivity index (χ0) is 20.8. The van der Waals surface area contributed by atoms with E-state index >= 15 is 0 Å². The first-order valence-corrected chi connectivity index (χ1v) is 11.7. The van der Waals surface area contributed by atoms with Gasteiger partial charge >= 0.3 is 0 Å². The number of anilines is 1. The van der Waals surface area contributed by atoms with E-state index in [4.69, 9.17) is 0 Å². The van der Waals surface area contributed by atoms with Crippen molar-refractivity contribution < 1.29 is 21.6 Å². The van der Waals surface area contributed by atoms with Crippen LogP contribution in [-0.4, -0.2) is 48.7 Å². The van der Waals surface area contributed by atoms with Crippen LogP contribution in [0.1, 0.15) is 11.1 Å². The van der Waals surface area contributed by atoms with Crippen LogP contribution in [0.15, 0.2) is 57.2 Å². The minimum Gasteiger partial charge on any atom is -0.310 e. The molecule has 9 nitrogen and oxygen atoms in total. The number of rotatable bonds is 4. The average Bonchev–Trinajstić information content (AvgIpc) is 3.24. The molecule has 2 aromatic rings. The number of benzene rings is 2. The SMILES string of the molecule is CNS(=O)(=O)c1ccc2c(c1)CCN2C(=O)CN=C1NS(=O)(=O)c2ccccc21. The number of nitrogens with zero attached hydrogens (tertiary/aromatic N) is 2. The minimum absolute atomic E-state index is 0.135. The third kappa shape index (κ3) is 3.41. The summed E-state index contributed by atoms with van der Waals surface area (Å²) >= 11 is 0. The predicted molar refractivity (Wildman–Crippen MR) is 107 cm³/mol. The third-order valence-corrected chi connectivity index (χ3v) is 7.67. The Morgan fingerprint density at radius 1 is 1.24 bits per heavy atom. The zero-order valence-electron chi connectivity index (χ0n) is 15.4. The van der Waals surface area contributed by atoms with Crippen LogP contribution < -0.4 is 14.3 Å². The number of amides is 1. The van der Waals surface area contributed by atoms with Gasteiger partial charge in [-0.3, -0.25) is 14.5 Å². The predicted octanol–water partition coefficient (Wildman–Crippen LogP) is 0.223. The molecule has 1 amide bonds. The topological polar surface area (TPSA) is 125 Å². The first-order chi connectivity index (χ1) is 13.7. The van der Waals surface area contributed by atoms with Crippen molar-refractivity contribution >= 4 is 37.5 Å². The molecule has 0 saturated carbocycles. The fourth-order valence-corrected chi connectivity index (χ4v) is 5.44. The number of sulfonamides is 2. The number of fused-ring (bicyclic) bond motifs is 2. The van der Waals surface area contributed by atoms with Gasteiger partial charge < -0.3 is 4.90 Å². The highest BCUT2D eigenvalue weighted by molar-refractivity contribution is 7.90. The zero-order valence-corrected chi connectivity index (χ0v) is 17.0. The number of hydrogen-bond donors (Lipinski definition) is 2. The second kappa shape index (κ2) is 6.94. The Labute approximate surface area is 168 Å². The van der Waals surface area contributed by atoms with Gasteiger partial charge in [-0.2, -0.15) is 0 Å². The Hall–Kier alpha value is -2.76. The molecule has 2 heterocycles. The quantitative estimate of drug-likeness (QED) is 0.712. The van der Waals surface area contributed by atoms with Gasteiger partial charge in [0.25, 0.3) is 10.0 Å². The lowest BCUT2D eigenvalue weighted by molar-refractivity contribution is -0.117. The maximum Gasteiger partial charge on any atom is 0.263 e. The van der Waals surface area contributed by atoms with Crippen molar-refractivity contribution in [2.75, 3.05) is 25.0 Å². The van der Waals surface area contributed by atoms with E-state index in [1.807, 2.05) is 0 Å². The molecule has 0 aromatic heterocycles. The van der Waals surface area contributed by atoms with Gasteiger partial charge in [-0.05, 0) is 49.4 Å². The maximum atomic E-state index is 12.7. The smallest absolute Gasteiger partial charge is 0.263 e. The van der Waals surface area contributed by atoms with Crippen LogP contribution in [0.25, 0.3) is 0 Å². The van der Waals surface area contributed by atoms with Crippen molar-refractivity contribution in [3.8, 4) is 0 Å². The number of amidine groups is 1. The van der Waals surface area contributed by atoms with Gasteiger partial charge in [0.1, 0.15) is 12.4 Å². The molecule has 2 aromatic carbocycles. The lowest BCUT2D eigenvalue weighted by Crippen LogP contribution is -2.32. The van der Waals surface area contributed by atoms with E-state index in [9.17, 15) is 21.6 Å². The molecule has 2 aliphatic heterocycles. The van der Waals surface area contributed by atoms with Crippen LogP contribution in [0.2, 0.25) is 0 Å². The number of aliphatic imine (C=N–C) groups is 1. The highest BCUT2D eigenvalue weighted by atomic mass is 32.2. The summed E-state index contributed by atoms with van der Waals surface area (Å²) in [5.74, 6) is -0.159. The molecule has 0 atom stereocenters. The molecule has 11 heteroatoms. The molecular formula is C18H18N4O5S2. The number of hydrogen-bond acceptors (Lipinski definition) is 6. The van der Waals surface area contributed by atoms with Crippen molar-refractivity contribution in [3.63, 3.8) is 0 Å². The van der Waals surface area contributed by atoms with Crippen LogP contribution in [-0.2, 0) is 31.3 Å². The Morgan fingerprint density at radius 2 is 2.00 bits per heavy atom. The molecule has 0 bridgehead atoms. The number of carbonyl (C=O) groups is 1. The lowest BCUT2D eigenvalue weighted by atomic mass is 10.2. The van der Waals surface area contributed by atoms with Crippen LogP contribution in [0, 0.1) is 0 Å². The Bertz CT molecular complexity index is 1250. The van der Waals surface area contributed by atoms with Crippen molar-refractivity contribution in [1.82, 2.24) is 9.44 Å². The van der Waals surface area contributed by atoms with E-state index in [1.165, 1.54) is 24.1 Å². The second-order valence-corrected chi connectivity index (χ2v) is 10.1. The molecule has 0 radical (unpaired) electrons. The van der Waals surface area contributed by atoms with E-state index < -0.39 is 20.0 Å². The van der Waals surface area contributed by atoms with E-state index in [0.717, 1.165) is 5.56 Å². The molecule has 0 spiro atoms. The van der Waals surface area contributed by atoms with Gasteiger partial charge in [0.15, 0.2) is 0 Å². The van der Waals surface area contributed by atoms with E-state index in [-0.39, 0.29) is 28.1 Å². The highest BCUT2D eigenvalue weighted by Crippen LogP contribution is 2.30. The summed E-state index contributed by atoms with van der Waals surface area (Å²) in [5.41, 5.74) is 1.83. The van der Waals surface area contributed by atoms with Crippen molar-refractivity contribution in [2.24, 2.45) is 4.99 Å². The fourth-order valence-electron chi connectivity index (χ4n) is 3.41. The number of carbonyl (C=O) groups excluding carboxylic acids is 1. The summed E-state index contributed by atoms with van der Waals surface area (Å²) in [6.45, 7) is 0.173. The van der Waals surface area contributed by atoms with Crippen LogP contribution in [0.4, 0.5) is 5.69 Å². The Balaban J connectivity index is 1.56. The standard InChI is InChI=1S/C18H18N4O5S2/c1-19-28(24,25)13-6-7-15-12(10-13)8-9-22(15)17(23)11-20-18-14-4-2-3-5-16(14)29(26,27)21-18/h2-7,10,19H,8-9,11H2,1H3,(H,20,21). The molecular weight excluding hydrogens is 416 g/mol. The van der Waals surface area contributed by atoms with Gasteiger partial charge in [0.05, 0.1) is 9.79 Å². The Kier molecular flexibility index (Phi) is 4.68. The van der Waals surface area contributed by atoms with Crippen molar-refractivity contribution in [3.05, 3.63) is 53.6 Å². The third-order valence-electron chi connectivity index (χ3n) is 4.86. The molecule has 0 fully saturated rings.